The van der Waals surface area contributed by atoms with Gasteiger partial charge in [0, 0.05) is 23.3 Å². The van der Waals surface area contributed by atoms with Gasteiger partial charge < -0.3 is 18.6 Å². The molecule has 37 heavy (non-hydrogen) atoms. The molecular formula is C30H22O7. The zero-order valence-corrected chi connectivity index (χ0v) is 19.9. The van der Waals surface area contributed by atoms with E-state index in [4.69, 9.17) is 18.6 Å². The van der Waals surface area contributed by atoms with Crippen molar-refractivity contribution < 1.29 is 33.0 Å². The topological polar surface area (TPSA) is 92.0 Å². The molecule has 0 fully saturated rings. The first-order valence-electron chi connectivity index (χ1n) is 11.2. The molecule has 3 aromatic carbocycles. The Kier molecular flexibility index (Phi) is 7.45. The van der Waals surface area contributed by atoms with E-state index in [0.29, 0.717) is 34.0 Å². The smallest absolute Gasteiger partial charge is 0.345 e. The number of benzene rings is 3. The van der Waals surface area contributed by atoms with E-state index >= 15 is 0 Å². The zero-order valence-electron chi connectivity index (χ0n) is 19.9. The molecule has 0 saturated heterocycles. The molecule has 0 aliphatic heterocycles. The molecule has 0 bridgehead atoms. The molecule has 4 rings (SSSR count). The SMILES string of the molecule is C=CC(=O)Oc1ccc(-c2ccc(OC(=O)c3ccc(-c4ccc(OC(=O)C(=C)C)cc4)cc3)o2)cc1. The lowest BCUT2D eigenvalue weighted by Crippen LogP contribution is -2.08. The standard InChI is InChI=1S/C30H22O7/c1-4-27(31)34-24-15-11-22(12-16-24)26-17-18-28(36-26)37-30(33)23-7-5-20(6-8-23)21-9-13-25(14-10-21)35-29(32)19(2)3/h4-18H,1-2H2,3H3. The van der Waals surface area contributed by atoms with Crippen LogP contribution < -0.4 is 14.2 Å². The van der Waals surface area contributed by atoms with E-state index in [2.05, 4.69) is 13.2 Å². The molecule has 4 aromatic rings. The Labute approximate surface area is 213 Å². The number of carbonyl (C=O) groups is 3. The highest BCUT2D eigenvalue weighted by molar-refractivity contribution is 5.91. The highest BCUT2D eigenvalue weighted by Crippen LogP contribution is 2.29. The van der Waals surface area contributed by atoms with Gasteiger partial charge in [0.05, 0.1) is 5.56 Å². The fraction of sp³-hybridized carbons (Fsp3) is 0.0333. The van der Waals surface area contributed by atoms with Gasteiger partial charge in [-0.25, -0.2) is 14.4 Å². The van der Waals surface area contributed by atoms with Crippen LogP contribution in [0.25, 0.3) is 22.5 Å². The van der Waals surface area contributed by atoms with Crippen LogP contribution in [0.5, 0.6) is 17.4 Å². The summed E-state index contributed by atoms with van der Waals surface area (Å²) in [5, 5.41) is 0. The summed E-state index contributed by atoms with van der Waals surface area (Å²) < 4.78 is 21.3. The van der Waals surface area contributed by atoms with Gasteiger partial charge in [0.2, 0.25) is 0 Å². The highest BCUT2D eigenvalue weighted by atomic mass is 16.6. The van der Waals surface area contributed by atoms with Crippen LogP contribution in [0, 0.1) is 0 Å². The van der Waals surface area contributed by atoms with Crippen LogP contribution in [-0.2, 0) is 9.59 Å². The molecular weight excluding hydrogens is 472 g/mol. The minimum absolute atomic E-state index is 0.0473. The second-order valence-electron chi connectivity index (χ2n) is 7.93. The highest BCUT2D eigenvalue weighted by Gasteiger charge is 2.13. The third-order valence-corrected chi connectivity index (χ3v) is 5.17. The Bertz CT molecular complexity index is 1460. The summed E-state index contributed by atoms with van der Waals surface area (Å²) in [6, 6.07) is 23.8. The average molecular weight is 494 g/mol. The van der Waals surface area contributed by atoms with Crippen molar-refractivity contribution in [2.45, 2.75) is 6.92 Å². The number of furan rings is 1. The third-order valence-electron chi connectivity index (χ3n) is 5.17. The number of hydrogen-bond acceptors (Lipinski definition) is 7. The molecule has 0 aliphatic carbocycles. The second-order valence-corrected chi connectivity index (χ2v) is 7.93. The van der Waals surface area contributed by atoms with Gasteiger partial charge in [0.25, 0.3) is 5.95 Å². The predicted molar refractivity (Wildman–Crippen MR) is 137 cm³/mol. The fourth-order valence-corrected chi connectivity index (χ4v) is 3.23. The van der Waals surface area contributed by atoms with Crippen LogP contribution in [0.3, 0.4) is 0 Å². The van der Waals surface area contributed by atoms with Crippen molar-refractivity contribution in [2.75, 3.05) is 0 Å². The number of rotatable bonds is 8. The maximum Gasteiger partial charge on any atom is 0.345 e. The third kappa shape index (κ3) is 6.29. The van der Waals surface area contributed by atoms with E-state index in [1.165, 1.54) is 0 Å². The van der Waals surface area contributed by atoms with Gasteiger partial charge in [0.15, 0.2) is 0 Å². The van der Waals surface area contributed by atoms with Gasteiger partial charge in [-0.3, -0.25) is 0 Å². The number of esters is 3. The van der Waals surface area contributed by atoms with Crippen LogP contribution in [-0.4, -0.2) is 17.9 Å². The average Bonchev–Trinajstić information content (AvgIpc) is 3.38. The van der Waals surface area contributed by atoms with Crippen molar-refractivity contribution in [2.24, 2.45) is 0 Å². The van der Waals surface area contributed by atoms with Gasteiger partial charge in [-0.2, -0.15) is 0 Å². The fourth-order valence-electron chi connectivity index (χ4n) is 3.23. The van der Waals surface area contributed by atoms with E-state index in [-0.39, 0.29) is 5.95 Å². The molecule has 0 radical (unpaired) electrons. The van der Waals surface area contributed by atoms with Crippen molar-refractivity contribution in [1.29, 1.82) is 0 Å². The van der Waals surface area contributed by atoms with Crippen molar-refractivity contribution in [3.63, 3.8) is 0 Å². The van der Waals surface area contributed by atoms with Crippen molar-refractivity contribution >= 4 is 17.9 Å². The number of ether oxygens (including phenoxy) is 3. The summed E-state index contributed by atoms with van der Waals surface area (Å²) in [5.74, 6) is -0.278. The molecule has 1 heterocycles. The van der Waals surface area contributed by atoms with Crippen LogP contribution in [0.15, 0.2) is 114 Å². The van der Waals surface area contributed by atoms with Gasteiger partial charge in [0.1, 0.15) is 17.3 Å². The number of hydrogen-bond donors (Lipinski definition) is 0. The van der Waals surface area contributed by atoms with Crippen LogP contribution >= 0.6 is 0 Å². The van der Waals surface area contributed by atoms with Gasteiger partial charge in [-0.15, -0.1) is 0 Å². The monoisotopic (exact) mass is 494 g/mol. The molecule has 184 valence electrons. The van der Waals surface area contributed by atoms with Crippen molar-refractivity contribution in [1.82, 2.24) is 0 Å². The van der Waals surface area contributed by atoms with E-state index in [1.807, 2.05) is 12.1 Å². The Morgan fingerprint density at radius 1 is 0.703 bits per heavy atom. The molecule has 1 aromatic heterocycles. The first-order chi connectivity index (χ1) is 17.8. The van der Waals surface area contributed by atoms with E-state index in [9.17, 15) is 14.4 Å². The largest absolute Gasteiger partial charge is 0.425 e. The first-order valence-corrected chi connectivity index (χ1v) is 11.2. The summed E-state index contributed by atoms with van der Waals surface area (Å²) in [7, 11) is 0. The summed E-state index contributed by atoms with van der Waals surface area (Å²) >= 11 is 0. The molecule has 7 heteroatoms. The quantitative estimate of drug-likeness (QED) is 0.159. The van der Waals surface area contributed by atoms with Crippen LogP contribution in [0.2, 0.25) is 0 Å². The van der Waals surface area contributed by atoms with Crippen LogP contribution in [0.1, 0.15) is 17.3 Å². The van der Waals surface area contributed by atoms with Gasteiger partial charge in [-0.1, -0.05) is 37.4 Å². The Morgan fingerprint density at radius 3 is 1.81 bits per heavy atom. The minimum atomic E-state index is -0.568. The molecule has 0 aliphatic rings. The normalized spacial score (nSPS) is 10.3. The van der Waals surface area contributed by atoms with Crippen molar-refractivity contribution in [3.05, 3.63) is 115 Å². The molecule has 7 nitrogen and oxygen atoms in total. The summed E-state index contributed by atoms with van der Waals surface area (Å²) in [6.07, 6.45) is 1.08. The summed E-state index contributed by atoms with van der Waals surface area (Å²) in [4.78, 5) is 35.5. The van der Waals surface area contributed by atoms with Crippen molar-refractivity contribution in [3.8, 4) is 39.9 Å². The minimum Gasteiger partial charge on any atom is -0.425 e. The maximum atomic E-state index is 12.6. The van der Waals surface area contributed by atoms with Crippen LogP contribution in [0.4, 0.5) is 0 Å². The molecule has 0 unspecified atom stereocenters. The lowest BCUT2D eigenvalue weighted by molar-refractivity contribution is -0.130. The molecule has 0 saturated carbocycles. The second kappa shape index (κ2) is 11.0. The Morgan fingerprint density at radius 2 is 1.24 bits per heavy atom. The molecule has 0 N–H and O–H groups in total. The summed E-state index contributed by atoms with van der Waals surface area (Å²) in [5.41, 5.74) is 3.14. The Hall–Kier alpha value is -5.17. The Balaban J connectivity index is 1.38. The first kappa shape index (κ1) is 24.9. The maximum absolute atomic E-state index is 12.6. The van der Waals surface area contributed by atoms with Gasteiger partial charge in [-0.05, 0) is 72.6 Å². The molecule has 0 atom stereocenters. The van der Waals surface area contributed by atoms with E-state index in [0.717, 1.165) is 17.2 Å². The number of carbonyl (C=O) groups excluding carboxylic acids is 3. The van der Waals surface area contributed by atoms with E-state index < -0.39 is 17.9 Å². The zero-order chi connectivity index (χ0) is 26.4. The lowest BCUT2D eigenvalue weighted by atomic mass is 10.0. The van der Waals surface area contributed by atoms with Gasteiger partial charge >= 0.3 is 17.9 Å². The predicted octanol–water partition coefficient (Wildman–Crippen LogP) is 6.41. The molecule has 0 amide bonds. The lowest BCUT2D eigenvalue weighted by Gasteiger charge is -2.07. The van der Waals surface area contributed by atoms with E-state index in [1.54, 1.807) is 79.7 Å². The summed E-state index contributed by atoms with van der Waals surface area (Å²) in [6.45, 7) is 8.50. The molecule has 0 spiro atoms.